The fraction of sp³-hybridized carbons (Fsp3) is 0.364. The molecule has 2 aromatic rings. The number of nitrogen functional groups attached to an aromatic ring is 1. The summed E-state index contributed by atoms with van der Waals surface area (Å²) in [6.07, 6.45) is 3.86. The highest BCUT2D eigenvalue weighted by Crippen LogP contribution is 2.35. The van der Waals surface area contributed by atoms with Crippen molar-refractivity contribution in [1.82, 2.24) is 9.97 Å². The van der Waals surface area contributed by atoms with Gasteiger partial charge in [0, 0.05) is 5.92 Å². The summed E-state index contributed by atoms with van der Waals surface area (Å²) in [6.45, 7) is 0. The lowest BCUT2D eigenvalue weighted by atomic mass is 9.85. The molecule has 0 bridgehead atoms. The molecule has 0 unspecified atom stereocenters. The van der Waals surface area contributed by atoms with Gasteiger partial charge in [-0.25, -0.2) is 4.98 Å². The third kappa shape index (κ3) is 1.37. The predicted molar refractivity (Wildman–Crippen MR) is 60.5 cm³/mol. The van der Waals surface area contributed by atoms with Gasteiger partial charge in [0.15, 0.2) is 0 Å². The van der Waals surface area contributed by atoms with Crippen LogP contribution in [0.4, 0.5) is 5.69 Å². The van der Waals surface area contributed by atoms with Gasteiger partial charge in [0.1, 0.15) is 5.82 Å². The van der Waals surface area contributed by atoms with Crippen LogP contribution < -0.4 is 11.3 Å². The maximum atomic E-state index is 5.36. The molecule has 0 saturated heterocycles. The Kier molecular flexibility index (Phi) is 1.89. The minimum absolute atomic E-state index is 0.645. The molecule has 0 atom stereocenters. The summed E-state index contributed by atoms with van der Waals surface area (Å²) in [5, 5.41) is 0. The number of hydrogen-bond donors (Lipinski definition) is 3. The number of nitrogens with two attached hydrogens (primary N) is 1. The van der Waals surface area contributed by atoms with Gasteiger partial charge in [-0.05, 0) is 31.0 Å². The number of aromatic nitrogens is 2. The highest BCUT2D eigenvalue weighted by Gasteiger charge is 2.22. The molecule has 0 amide bonds. The average molecular weight is 202 g/mol. The lowest BCUT2D eigenvalue weighted by molar-refractivity contribution is 0.405. The normalized spacial score (nSPS) is 16.6. The van der Waals surface area contributed by atoms with Crippen molar-refractivity contribution in [2.75, 3.05) is 5.43 Å². The highest BCUT2D eigenvalue weighted by molar-refractivity contribution is 5.79. The van der Waals surface area contributed by atoms with Crippen LogP contribution in [0.5, 0.6) is 0 Å². The number of aromatic amines is 1. The van der Waals surface area contributed by atoms with Crippen molar-refractivity contribution in [3.63, 3.8) is 0 Å². The molecule has 0 radical (unpaired) electrons. The molecule has 15 heavy (non-hydrogen) atoms. The van der Waals surface area contributed by atoms with Gasteiger partial charge in [-0.2, -0.15) is 0 Å². The Bertz CT molecular complexity index is 484. The fourth-order valence-corrected chi connectivity index (χ4v) is 1.99. The molecule has 4 nitrogen and oxygen atoms in total. The summed E-state index contributed by atoms with van der Waals surface area (Å²) in [4.78, 5) is 7.95. The van der Waals surface area contributed by atoms with Gasteiger partial charge in [0.2, 0.25) is 0 Å². The number of imidazole rings is 1. The van der Waals surface area contributed by atoms with Gasteiger partial charge in [-0.1, -0.05) is 6.42 Å². The number of anilines is 1. The first-order valence-electron chi connectivity index (χ1n) is 5.33. The first kappa shape index (κ1) is 8.73. The Morgan fingerprint density at radius 2 is 2.27 bits per heavy atom. The Morgan fingerprint density at radius 1 is 1.40 bits per heavy atom. The van der Waals surface area contributed by atoms with Crippen LogP contribution in [0, 0.1) is 0 Å². The maximum absolute atomic E-state index is 5.36. The van der Waals surface area contributed by atoms with E-state index in [-0.39, 0.29) is 0 Å². The van der Waals surface area contributed by atoms with Crippen LogP contribution in [0.3, 0.4) is 0 Å². The van der Waals surface area contributed by atoms with Crippen molar-refractivity contribution in [3.8, 4) is 0 Å². The van der Waals surface area contributed by atoms with Crippen LogP contribution in [0.25, 0.3) is 11.0 Å². The number of benzene rings is 1. The molecule has 1 aliphatic rings. The third-order valence-corrected chi connectivity index (χ3v) is 3.16. The van der Waals surface area contributed by atoms with Gasteiger partial charge in [-0.3, -0.25) is 5.84 Å². The van der Waals surface area contributed by atoms with E-state index in [2.05, 4.69) is 15.4 Å². The molecular weight excluding hydrogens is 188 g/mol. The molecule has 0 aliphatic heterocycles. The number of hydrogen-bond acceptors (Lipinski definition) is 3. The minimum atomic E-state index is 0.645. The van der Waals surface area contributed by atoms with Crippen LogP contribution in [-0.4, -0.2) is 9.97 Å². The number of hydrazine groups is 1. The van der Waals surface area contributed by atoms with Crippen molar-refractivity contribution in [3.05, 3.63) is 24.0 Å². The van der Waals surface area contributed by atoms with Gasteiger partial charge in [0.25, 0.3) is 0 Å². The van der Waals surface area contributed by atoms with Crippen LogP contribution in [0.15, 0.2) is 18.2 Å². The molecule has 0 spiro atoms. The monoisotopic (exact) mass is 202 g/mol. The second kappa shape index (κ2) is 3.24. The fourth-order valence-electron chi connectivity index (χ4n) is 1.99. The molecular formula is C11H14N4. The molecule has 1 saturated carbocycles. The highest BCUT2D eigenvalue weighted by atomic mass is 15.2. The van der Waals surface area contributed by atoms with E-state index in [1.54, 1.807) is 0 Å². The number of nitrogens with zero attached hydrogens (tertiary/aromatic N) is 1. The summed E-state index contributed by atoms with van der Waals surface area (Å²) >= 11 is 0. The third-order valence-electron chi connectivity index (χ3n) is 3.16. The van der Waals surface area contributed by atoms with Crippen LogP contribution in [-0.2, 0) is 0 Å². The minimum Gasteiger partial charge on any atom is -0.342 e. The zero-order valence-electron chi connectivity index (χ0n) is 8.46. The maximum Gasteiger partial charge on any atom is 0.110 e. The first-order chi connectivity index (χ1) is 7.36. The van der Waals surface area contributed by atoms with Crippen molar-refractivity contribution in [2.24, 2.45) is 5.84 Å². The SMILES string of the molecule is NNc1ccc2nc(C3CCC3)[nH]c2c1. The van der Waals surface area contributed by atoms with E-state index >= 15 is 0 Å². The van der Waals surface area contributed by atoms with E-state index in [0.29, 0.717) is 5.92 Å². The van der Waals surface area contributed by atoms with Crippen molar-refractivity contribution < 1.29 is 0 Å². The second-order valence-corrected chi connectivity index (χ2v) is 4.13. The lowest BCUT2D eigenvalue weighted by Crippen LogP contribution is -2.10. The molecule has 78 valence electrons. The van der Waals surface area contributed by atoms with Crippen molar-refractivity contribution in [2.45, 2.75) is 25.2 Å². The standard InChI is InChI=1S/C11H14N4/c12-15-8-4-5-9-10(6-8)14-11(13-9)7-2-1-3-7/h4-7,15H,1-3,12H2,(H,13,14). The number of rotatable bonds is 2. The number of fused-ring (bicyclic) bond motifs is 1. The summed E-state index contributed by atoms with van der Waals surface area (Å²) < 4.78 is 0. The predicted octanol–water partition coefficient (Wildman–Crippen LogP) is 2.12. The van der Waals surface area contributed by atoms with Crippen LogP contribution in [0.2, 0.25) is 0 Å². The van der Waals surface area contributed by atoms with E-state index in [9.17, 15) is 0 Å². The summed E-state index contributed by atoms with van der Waals surface area (Å²) in [6, 6.07) is 5.92. The zero-order valence-corrected chi connectivity index (χ0v) is 8.46. The van der Waals surface area contributed by atoms with Gasteiger partial charge >= 0.3 is 0 Å². The average Bonchev–Trinajstić information content (AvgIpc) is 2.56. The van der Waals surface area contributed by atoms with E-state index in [1.807, 2.05) is 18.2 Å². The molecule has 1 aromatic carbocycles. The molecule has 4 N–H and O–H groups in total. The topological polar surface area (TPSA) is 66.7 Å². The zero-order chi connectivity index (χ0) is 10.3. The lowest BCUT2D eigenvalue weighted by Gasteiger charge is -2.22. The van der Waals surface area contributed by atoms with Crippen molar-refractivity contribution >= 4 is 16.7 Å². The smallest absolute Gasteiger partial charge is 0.110 e. The van der Waals surface area contributed by atoms with Gasteiger partial charge in [-0.15, -0.1) is 0 Å². The van der Waals surface area contributed by atoms with Gasteiger partial charge in [0.05, 0.1) is 16.7 Å². The van der Waals surface area contributed by atoms with Crippen molar-refractivity contribution in [1.29, 1.82) is 0 Å². The van der Waals surface area contributed by atoms with E-state index < -0.39 is 0 Å². The summed E-state index contributed by atoms with van der Waals surface area (Å²) in [5.74, 6) is 7.14. The second-order valence-electron chi connectivity index (χ2n) is 4.13. The summed E-state index contributed by atoms with van der Waals surface area (Å²) in [7, 11) is 0. The molecule has 4 heteroatoms. The van der Waals surface area contributed by atoms with E-state index in [1.165, 1.54) is 19.3 Å². The van der Waals surface area contributed by atoms with Crippen LogP contribution in [0.1, 0.15) is 31.0 Å². The summed E-state index contributed by atoms with van der Waals surface area (Å²) in [5.41, 5.74) is 5.63. The van der Waals surface area contributed by atoms with Gasteiger partial charge < -0.3 is 10.4 Å². The molecule has 1 fully saturated rings. The van der Waals surface area contributed by atoms with Crippen LogP contribution >= 0.6 is 0 Å². The molecule has 3 rings (SSSR count). The molecule has 1 aliphatic carbocycles. The first-order valence-corrected chi connectivity index (χ1v) is 5.33. The quantitative estimate of drug-likeness (QED) is 0.516. The van der Waals surface area contributed by atoms with E-state index in [0.717, 1.165) is 22.5 Å². The Balaban J connectivity index is 2.04. The Morgan fingerprint density at radius 3 is 2.93 bits per heavy atom. The Hall–Kier alpha value is -1.55. The largest absolute Gasteiger partial charge is 0.342 e. The van der Waals surface area contributed by atoms with E-state index in [4.69, 9.17) is 5.84 Å². The molecule has 1 heterocycles. The Labute approximate surface area is 87.9 Å². The number of H-pyrrole nitrogens is 1. The molecule has 1 aromatic heterocycles. The number of nitrogens with one attached hydrogen (secondary N) is 2.